The smallest absolute Gasteiger partial charge is 0.194 e. The minimum absolute atomic E-state index is 0.304. The molecule has 6 heterocycles. The number of hydrogen-bond acceptors (Lipinski definition) is 6. The van der Waals surface area contributed by atoms with Gasteiger partial charge in [0, 0.05) is 58.8 Å². The molecule has 0 spiro atoms. The molecule has 0 aliphatic carbocycles. The molecule has 0 atom stereocenters. The van der Waals surface area contributed by atoms with E-state index in [4.69, 9.17) is 0 Å². The van der Waals surface area contributed by atoms with Crippen molar-refractivity contribution < 1.29 is 26.3 Å². The highest BCUT2D eigenvalue weighted by Crippen LogP contribution is 2.50. The lowest BCUT2D eigenvalue weighted by Crippen LogP contribution is -1.90. The first-order valence-corrected chi connectivity index (χ1v) is 18.4. The zero-order valence-electron chi connectivity index (χ0n) is 22.6. The van der Waals surface area contributed by atoms with Crippen LogP contribution in [0.15, 0.2) is 72.8 Å². The molecule has 0 saturated carbocycles. The quantitative estimate of drug-likeness (QED) is 0.125. The summed E-state index contributed by atoms with van der Waals surface area (Å²) in [6.45, 7) is 0. The van der Waals surface area contributed by atoms with Crippen LogP contribution in [0.2, 0.25) is 0 Å². The van der Waals surface area contributed by atoms with Gasteiger partial charge in [0.15, 0.2) is 34.9 Å². The molecule has 3 aromatic carbocycles. The van der Waals surface area contributed by atoms with Crippen molar-refractivity contribution in [3.8, 4) is 40.4 Å². The van der Waals surface area contributed by atoms with Crippen molar-refractivity contribution in [3.63, 3.8) is 0 Å². The molecule has 0 fully saturated rings. The molecule has 46 heavy (non-hydrogen) atoms. The molecule has 0 radical (unpaired) electrons. The van der Waals surface area contributed by atoms with Crippen LogP contribution in [0.3, 0.4) is 0 Å². The van der Waals surface area contributed by atoms with Crippen molar-refractivity contribution in [3.05, 3.63) is 108 Å². The lowest BCUT2D eigenvalue weighted by atomic mass is 10.1. The van der Waals surface area contributed by atoms with Gasteiger partial charge < -0.3 is 0 Å². The molecular formula is C34H12F6S6. The van der Waals surface area contributed by atoms with Gasteiger partial charge in [-0.05, 0) is 83.9 Å². The van der Waals surface area contributed by atoms with E-state index in [2.05, 4.69) is 24.3 Å². The molecule has 0 amide bonds. The summed E-state index contributed by atoms with van der Waals surface area (Å²) in [6.07, 6.45) is 0. The standard InChI is InChI=1S/C34H12F6S6/c35-17-5-13(6-18(36)31(17)39)21-1-3-23(41-21)27-11-29-33(45-27)15-9-26-16(10-25(15)43-29)34-30(44-26)12-28(46-34)24-4-2-22(42-24)14-7-19(37)32(40)20(38)8-14/h1-12H. The van der Waals surface area contributed by atoms with Crippen molar-refractivity contribution in [2.24, 2.45) is 0 Å². The Morgan fingerprint density at radius 1 is 0.326 bits per heavy atom. The average molecular weight is 727 g/mol. The summed E-state index contributed by atoms with van der Waals surface area (Å²) in [4.78, 5) is 5.37. The van der Waals surface area contributed by atoms with Crippen molar-refractivity contribution >= 4 is 107 Å². The van der Waals surface area contributed by atoms with Crippen LogP contribution in [0.25, 0.3) is 79.4 Å². The first-order chi connectivity index (χ1) is 22.2. The maximum atomic E-state index is 13.8. The van der Waals surface area contributed by atoms with Crippen molar-refractivity contribution in [2.75, 3.05) is 0 Å². The number of benzene rings is 3. The SMILES string of the molecule is Fc1cc(-c2ccc(-c3cc4sc5cc6c(cc5c4s3)sc3cc(-c4ccc(-c5cc(F)c(F)c(F)c5)s4)sc36)s2)cc(F)c1F. The van der Waals surface area contributed by atoms with Crippen LogP contribution in [0.5, 0.6) is 0 Å². The van der Waals surface area contributed by atoms with Crippen molar-refractivity contribution in [1.29, 1.82) is 0 Å². The topological polar surface area (TPSA) is 0 Å². The molecule has 0 N–H and O–H groups in total. The molecule has 12 heteroatoms. The highest BCUT2D eigenvalue weighted by Gasteiger charge is 2.19. The van der Waals surface area contributed by atoms with Crippen LogP contribution in [0.1, 0.15) is 0 Å². The van der Waals surface area contributed by atoms with E-state index >= 15 is 0 Å². The second-order valence-corrected chi connectivity index (χ2v) is 16.9. The zero-order valence-corrected chi connectivity index (χ0v) is 27.5. The van der Waals surface area contributed by atoms with E-state index in [1.54, 1.807) is 57.5 Å². The molecular weight excluding hydrogens is 715 g/mol. The van der Waals surface area contributed by atoms with E-state index in [1.165, 1.54) is 52.2 Å². The highest BCUT2D eigenvalue weighted by molar-refractivity contribution is 7.36. The molecule has 9 aromatic rings. The molecule has 0 nitrogen and oxygen atoms in total. The Kier molecular flexibility index (Phi) is 6.54. The molecule has 0 bridgehead atoms. The van der Waals surface area contributed by atoms with Gasteiger partial charge >= 0.3 is 0 Å². The van der Waals surface area contributed by atoms with Gasteiger partial charge in [-0.25, -0.2) is 26.3 Å². The van der Waals surface area contributed by atoms with E-state index < -0.39 is 34.9 Å². The van der Waals surface area contributed by atoms with E-state index in [0.717, 1.165) is 53.2 Å². The van der Waals surface area contributed by atoms with E-state index in [9.17, 15) is 26.3 Å². The number of halogens is 6. The Balaban J connectivity index is 1.05. The Morgan fingerprint density at radius 2 is 0.696 bits per heavy atom. The molecule has 0 aliphatic heterocycles. The van der Waals surface area contributed by atoms with E-state index in [0.29, 0.717) is 20.9 Å². The van der Waals surface area contributed by atoms with Crippen LogP contribution in [0.4, 0.5) is 26.3 Å². The van der Waals surface area contributed by atoms with Gasteiger partial charge in [0.05, 0.1) is 9.40 Å². The van der Waals surface area contributed by atoms with E-state index in [-0.39, 0.29) is 0 Å². The molecule has 0 saturated heterocycles. The number of hydrogen-bond donors (Lipinski definition) is 0. The van der Waals surface area contributed by atoms with Gasteiger partial charge in [-0.15, -0.1) is 68.0 Å². The summed E-state index contributed by atoms with van der Waals surface area (Å²) in [5, 5.41) is 2.36. The summed E-state index contributed by atoms with van der Waals surface area (Å²) in [5.74, 6) is -7.76. The Bertz CT molecular complexity index is 2450. The summed E-state index contributed by atoms with van der Waals surface area (Å²) in [5.41, 5.74) is 0.607. The average Bonchev–Trinajstić information content (AvgIpc) is 3.86. The third kappa shape index (κ3) is 4.49. The molecule has 6 aromatic heterocycles. The van der Waals surface area contributed by atoms with Gasteiger partial charge in [-0.3, -0.25) is 0 Å². The second kappa shape index (κ2) is 10.5. The maximum Gasteiger partial charge on any atom is 0.194 e. The zero-order chi connectivity index (χ0) is 31.4. The third-order valence-electron chi connectivity index (χ3n) is 7.64. The first kappa shape index (κ1) is 28.7. The normalized spacial score (nSPS) is 12.1. The fourth-order valence-corrected chi connectivity index (χ4v) is 12.7. The van der Waals surface area contributed by atoms with E-state index in [1.807, 2.05) is 12.1 Å². The summed E-state index contributed by atoms with van der Waals surface area (Å²) >= 11 is 9.61. The van der Waals surface area contributed by atoms with Gasteiger partial charge in [0.2, 0.25) is 0 Å². The summed E-state index contributed by atoms with van der Waals surface area (Å²) in [6, 6.07) is 20.3. The minimum Gasteiger partial charge on any atom is -0.204 e. The fourth-order valence-electron chi connectivity index (χ4n) is 5.49. The lowest BCUT2D eigenvalue weighted by molar-refractivity contribution is 0.447. The monoisotopic (exact) mass is 726 g/mol. The van der Waals surface area contributed by atoms with Crippen molar-refractivity contribution in [1.82, 2.24) is 0 Å². The molecule has 226 valence electrons. The molecule has 0 aliphatic rings. The van der Waals surface area contributed by atoms with Crippen molar-refractivity contribution in [2.45, 2.75) is 0 Å². The largest absolute Gasteiger partial charge is 0.204 e. The summed E-state index contributed by atoms with van der Waals surface area (Å²) < 4.78 is 89.2. The lowest BCUT2D eigenvalue weighted by Gasteiger charge is -2.00. The predicted molar refractivity (Wildman–Crippen MR) is 185 cm³/mol. The van der Waals surface area contributed by atoms with Crippen LogP contribution in [-0.2, 0) is 0 Å². The number of rotatable bonds is 4. The number of thiophene rings is 6. The predicted octanol–water partition coefficient (Wildman–Crippen LogP) is 14.2. The van der Waals surface area contributed by atoms with Gasteiger partial charge in [-0.1, -0.05) is 0 Å². The Hall–Kier alpha value is -3.52. The highest BCUT2D eigenvalue weighted by atomic mass is 32.1. The van der Waals surface area contributed by atoms with Gasteiger partial charge in [0.1, 0.15) is 0 Å². The van der Waals surface area contributed by atoms with Crippen LogP contribution in [0, 0.1) is 34.9 Å². The van der Waals surface area contributed by atoms with Crippen LogP contribution in [-0.4, -0.2) is 0 Å². The third-order valence-corrected chi connectivity index (χ3v) is 15.1. The summed E-state index contributed by atoms with van der Waals surface area (Å²) in [7, 11) is 0. The first-order valence-electron chi connectivity index (χ1n) is 13.5. The van der Waals surface area contributed by atoms with Crippen LogP contribution >= 0.6 is 68.0 Å². The van der Waals surface area contributed by atoms with Gasteiger partial charge in [-0.2, -0.15) is 0 Å². The Labute approximate surface area is 279 Å². The second-order valence-electron chi connectivity index (χ2n) is 10.5. The number of fused-ring (bicyclic) bond motifs is 6. The minimum atomic E-state index is -1.47. The molecule has 0 unspecified atom stereocenters. The van der Waals surface area contributed by atoms with Crippen LogP contribution < -0.4 is 0 Å². The fraction of sp³-hybridized carbons (Fsp3) is 0. The molecule has 9 rings (SSSR count). The van der Waals surface area contributed by atoms with Gasteiger partial charge in [0.25, 0.3) is 0 Å². The Morgan fingerprint density at radius 3 is 1.09 bits per heavy atom. The maximum absolute atomic E-state index is 13.8.